The van der Waals surface area contributed by atoms with E-state index in [0.717, 1.165) is 16.7 Å². The molecule has 134 valence electrons. The number of carbonyl (C=O) groups is 1. The second-order valence-corrected chi connectivity index (χ2v) is 5.67. The molecule has 1 heterocycles. The summed E-state index contributed by atoms with van der Waals surface area (Å²) in [5.74, 6) is 1.30. The van der Waals surface area contributed by atoms with Gasteiger partial charge >= 0.3 is 5.97 Å². The van der Waals surface area contributed by atoms with Crippen molar-refractivity contribution in [2.45, 2.75) is 0 Å². The molecule has 0 atom stereocenters. The van der Waals surface area contributed by atoms with E-state index in [4.69, 9.17) is 18.9 Å². The van der Waals surface area contributed by atoms with Gasteiger partial charge in [-0.25, -0.2) is 4.79 Å². The molecule has 0 spiro atoms. The molecule has 0 amide bonds. The van der Waals surface area contributed by atoms with Gasteiger partial charge in [0, 0.05) is 5.57 Å². The second-order valence-electron chi connectivity index (χ2n) is 5.67. The largest absolute Gasteiger partial charge is 0.493 e. The molecule has 2 aromatic carbocycles. The van der Waals surface area contributed by atoms with Crippen LogP contribution in [0.15, 0.2) is 53.6 Å². The first-order chi connectivity index (χ1) is 12.7. The fraction of sp³-hybridized carbons (Fsp3) is 0.190. The Balaban J connectivity index is 2.03. The molecule has 0 bridgehead atoms. The van der Waals surface area contributed by atoms with E-state index >= 15 is 0 Å². The summed E-state index contributed by atoms with van der Waals surface area (Å²) in [6.07, 6.45) is 3.73. The van der Waals surface area contributed by atoms with Crippen LogP contribution in [0.5, 0.6) is 17.2 Å². The summed E-state index contributed by atoms with van der Waals surface area (Å²) >= 11 is 0. The average molecular weight is 352 g/mol. The lowest BCUT2D eigenvalue weighted by Crippen LogP contribution is -1.96. The monoisotopic (exact) mass is 352 g/mol. The maximum atomic E-state index is 12.1. The summed E-state index contributed by atoms with van der Waals surface area (Å²) in [6.45, 7) is 0.230. The molecule has 3 rings (SSSR count). The smallest absolute Gasteiger partial charge is 0.338 e. The minimum Gasteiger partial charge on any atom is -0.493 e. The molecule has 2 aromatic rings. The zero-order valence-corrected chi connectivity index (χ0v) is 14.9. The first-order valence-electron chi connectivity index (χ1n) is 8.11. The Labute approximate surface area is 152 Å². The van der Waals surface area contributed by atoms with Crippen LogP contribution in [-0.2, 0) is 9.53 Å². The van der Waals surface area contributed by atoms with Gasteiger partial charge in [-0.3, -0.25) is 0 Å². The SMILES string of the molecule is COc1cc(/C=C2/COC(=O)C2=Cc2ccccc2)cc(OC)c1OC. The third-order valence-corrected chi connectivity index (χ3v) is 4.06. The molecule has 0 N–H and O–H groups in total. The predicted octanol–water partition coefficient (Wildman–Crippen LogP) is 3.74. The quantitative estimate of drug-likeness (QED) is 0.606. The molecule has 1 aliphatic rings. The zero-order valence-electron chi connectivity index (χ0n) is 14.9. The number of hydrogen-bond acceptors (Lipinski definition) is 5. The van der Waals surface area contributed by atoms with Crippen molar-refractivity contribution in [2.75, 3.05) is 27.9 Å². The molecule has 5 heteroatoms. The van der Waals surface area contributed by atoms with E-state index in [0.29, 0.717) is 22.8 Å². The third kappa shape index (κ3) is 3.57. The van der Waals surface area contributed by atoms with Crippen LogP contribution >= 0.6 is 0 Å². The zero-order chi connectivity index (χ0) is 18.5. The maximum absolute atomic E-state index is 12.1. The summed E-state index contributed by atoms with van der Waals surface area (Å²) in [7, 11) is 4.69. The molecule has 1 fully saturated rings. The van der Waals surface area contributed by atoms with Crippen molar-refractivity contribution < 1.29 is 23.7 Å². The molecule has 0 unspecified atom stereocenters. The van der Waals surface area contributed by atoms with E-state index in [1.54, 1.807) is 21.3 Å². The number of rotatable bonds is 5. The van der Waals surface area contributed by atoms with Crippen LogP contribution in [0.1, 0.15) is 11.1 Å². The summed E-state index contributed by atoms with van der Waals surface area (Å²) < 4.78 is 21.3. The van der Waals surface area contributed by atoms with E-state index in [-0.39, 0.29) is 12.6 Å². The van der Waals surface area contributed by atoms with Gasteiger partial charge in [-0.1, -0.05) is 30.3 Å². The summed E-state index contributed by atoms with van der Waals surface area (Å²) in [5.41, 5.74) is 3.11. The normalized spacial score (nSPS) is 16.7. The second kappa shape index (κ2) is 7.78. The Bertz CT molecular complexity index is 840. The Morgan fingerprint density at radius 3 is 2.12 bits per heavy atom. The molecule has 0 aromatic heterocycles. The first kappa shape index (κ1) is 17.6. The van der Waals surface area contributed by atoms with Crippen molar-refractivity contribution in [2.24, 2.45) is 0 Å². The van der Waals surface area contributed by atoms with Crippen LogP contribution < -0.4 is 14.2 Å². The Kier molecular flexibility index (Phi) is 5.27. The van der Waals surface area contributed by atoms with Gasteiger partial charge < -0.3 is 18.9 Å². The van der Waals surface area contributed by atoms with E-state index in [2.05, 4.69) is 0 Å². The van der Waals surface area contributed by atoms with Crippen molar-refractivity contribution in [3.63, 3.8) is 0 Å². The van der Waals surface area contributed by atoms with Gasteiger partial charge in [-0.15, -0.1) is 0 Å². The first-order valence-corrected chi connectivity index (χ1v) is 8.11. The van der Waals surface area contributed by atoms with Crippen LogP contribution in [0.25, 0.3) is 12.2 Å². The summed E-state index contributed by atoms with van der Waals surface area (Å²) in [4.78, 5) is 12.1. The topological polar surface area (TPSA) is 54.0 Å². The van der Waals surface area contributed by atoms with Gasteiger partial charge in [0.15, 0.2) is 11.5 Å². The van der Waals surface area contributed by atoms with Gasteiger partial charge in [0.25, 0.3) is 0 Å². The standard InChI is InChI=1S/C21H20O5/c1-23-18-11-15(12-19(24-2)20(18)25-3)9-16-13-26-21(22)17(16)10-14-7-5-4-6-8-14/h4-12H,13H2,1-3H3/b16-9-,17-10?. The third-order valence-electron chi connectivity index (χ3n) is 4.06. The number of hydrogen-bond donors (Lipinski definition) is 0. The van der Waals surface area contributed by atoms with Crippen LogP contribution in [0, 0.1) is 0 Å². The van der Waals surface area contributed by atoms with Crippen LogP contribution in [0.2, 0.25) is 0 Å². The maximum Gasteiger partial charge on any atom is 0.338 e. The van der Waals surface area contributed by atoms with E-state index in [9.17, 15) is 4.79 Å². The molecule has 0 saturated carbocycles. The van der Waals surface area contributed by atoms with Gasteiger partial charge in [-0.2, -0.15) is 0 Å². The summed E-state index contributed by atoms with van der Waals surface area (Å²) in [5, 5.41) is 0. The van der Waals surface area contributed by atoms with E-state index < -0.39 is 0 Å². The predicted molar refractivity (Wildman–Crippen MR) is 99.5 cm³/mol. The number of methoxy groups -OCH3 is 3. The number of cyclic esters (lactones) is 1. The molecule has 0 radical (unpaired) electrons. The minimum atomic E-state index is -0.326. The number of esters is 1. The van der Waals surface area contributed by atoms with Crippen molar-refractivity contribution in [3.05, 3.63) is 64.7 Å². The van der Waals surface area contributed by atoms with Gasteiger partial charge in [0.1, 0.15) is 6.61 Å². The number of benzene rings is 2. The van der Waals surface area contributed by atoms with Crippen molar-refractivity contribution in [3.8, 4) is 17.2 Å². The number of ether oxygens (including phenoxy) is 4. The lowest BCUT2D eigenvalue weighted by Gasteiger charge is -2.13. The Hall–Kier alpha value is -3.21. The van der Waals surface area contributed by atoms with Crippen molar-refractivity contribution in [1.82, 2.24) is 0 Å². The average Bonchev–Trinajstić information content (AvgIpc) is 3.01. The fourth-order valence-corrected chi connectivity index (χ4v) is 2.80. The molecular weight excluding hydrogens is 332 g/mol. The van der Waals surface area contributed by atoms with E-state index in [1.165, 1.54) is 0 Å². The highest BCUT2D eigenvalue weighted by molar-refractivity contribution is 6.02. The highest BCUT2D eigenvalue weighted by Gasteiger charge is 2.25. The molecule has 1 aliphatic heterocycles. The number of carbonyl (C=O) groups excluding carboxylic acids is 1. The molecule has 1 saturated heterocycles. The highest BCUT2D eigenvalue weighted by atomic mass is 16.5. The van der Waals surface area contributed by atoms with Crippen LogP contribution in [0.3, 0.4) is 0 Å². The fourth-order valence-electron chi connectivity index (χ4n) is 2.80. The minimum absolute atomic E-state index is 0.230. The van der Waals surface area contributed by atoms with Gasteiger partial charge in [-0.05, 0) is 35.4 Å². The Morgan fingerprint density at radius 1 is 0.885 bits per heavy atom. The van der Waals surface area contributed by atoms with Crippen molar-refractivity contribution >= 4 is 18.1 Å². The Morgan fingerprint density at radius 2 is 1.54 bits per heavy atom. The molecule has 5 nitrogen and oxygen atoms in total. The van der Waals surface area contributed by atoms with Crippen molar-refractivity contribution in [1.29, 1.82) is 0 Å². The highest BCUT2D eigenvalue weighted by Crippen LogP contribution is 2.39. The van der Waals surface area contributed by atoms with Gasteiger partial charge in [0.05, 0.1) is 26.9 Å². The lowest BCUT2D eigenvalue weighted by molar-refractivity contribution is -0.134. The molecule has 0 aliphatic carbocycles. The van der Waals surface area contributed by atoms with E-state index in [1.807, 2.05) is 54.6 Å². The summed E-state index contributed by atoms with van der Waals surface area (Å²) in [6, 6.07) is 13.3. The molecule has 26 heavy (non-hydrogen) atoms. The van der Waals surface area contributed by atoms with Gasteiger partial charge in [0.2, 0.25) is 5.75 Å². The van der Waals surface area contributed by atoms with Crippen LogP contribution in [-0.4, -0.2) is 33.9 Å². The molecular formula is C21H20O5. The van der Waals surface area contributed by atoms with Crippen LogP contribution in [0.4, 0.5) is 0 Å². The lowest BCUT2D eigenvalue weighted by atomic mass is 10.0.